The monoisotopic (exact) mass is 197 g/mol. The van der Waals surface area contributed by atoms with Gasteiger partial charge in [0.05, 0.1) is 13.1 Å². The molecule has 1 heterocycles. The third kappa shape index (κ3) is 2.81. The lowest BCUT2D eigenvalue weighted by Crippen LogP contribution is -2.32. The minimum Gasteiger partial charge on any atom is -0.348 e. The van der Waals surface area contributed by atoms with Crippen molar-refractivity contribution in [3.63, 3.8) is 0 Å². The van der Waals surface area contributed by atoms with Gasteiger partial charge in [-0.15, -0.1) is 10.2 Å². The van der Waals surface area contributed by atoms with Gasteiger partial charge in [0.2, 0.25) is 5.91 Å². The van der Waals surface area contributed by atoms with Crippen LogP contribution in [0.25, 0.3) is 0 Å². The van der Waals surface area contributed by atoms with Crippen LogP contribution in [0, 0.1) is 0 Å². The number of hydrogen-bond donors (Lipinski definition) is 2. The molecule has 0 atom stereocenters. The molecule has 0 spiro atoms. The minimum atomic E-state index is -0.0434. The number of likely N-dealkylation sites (N-methyl/N-ethyl adjacent to an activating group) is 1. The molecule has 6 nitrogen and oxygen atoms in total. The van der Waals surface area contributed by atoms with Crippen molar-refractivity contribution in [1.82, 2.24) is 25.4 Å². The van der Waals surface area contributed by atoms with E-state index in [1.165, 1.54) is 0 Å². The van der Waals surface area contributed by atoms with Crippen LogP contribution in [0.15, 0.2) is 6.33 Å². The molecule has 2 N–H and O–H groups in total. The van der Waals surface area contributed by atoms with Crippen molar-refractivity contribution in [1.29, 1.82) is 0 Å². The van der Waals surface area contributed by atoms with Crippen molar-refractivity contribution in [3.05, 3.63) is 12.2 Å². The summed E-state index contributed by atoms with van der Waals surface area (Å²) < 4.78 is 1.89. The zero-order valence-corrected chi connectivity index (χ0v) is 8.45. The number of carbonyl (C=O) groups excluding carboxylic acids is 1. The van der Waals surface area contributed by atoms with Crippen LogP contribution in [-0.2, 0) is 17.9 Å². The van der Waals surface area contributed by atoms with Crippen molar-refractivity contribution in [2.75, 3.05) is 13.6 Å². The van der Waals surface area contributed by atoms with Crippen LogP contribution < -0.4 is 10.6 Å². The van der Waals surface area contributed by atoms with Crippen LogP contribution in [0.5, 0.6) is 0 Å². The average Bonchev–Trinajstić information content (AvgIpc) is 2.62. The lowest BCUT2D eigenvalue weighted by atomic mass is 10.5. The Morgan fingerprint density at radius 2 is 2.43 bits per heavy atom. The molecule has 0 aromatic carbocycles. The normalized spacial score (nSPS) is 10.1. The second-order valence-corrected chi connectivity index (χ2v) is 2.84. The highest BCUT2D eigenvalue weighted by molar-refractivity contribution is 5.77. The molecule has 0 radical (unpaired) electrons. The number of aromatic nitrogens is 3. The fourth-order valence-electron chi connectivity index (χ4n) is 1.08. The van der Waals surface area contributed by atoms with Gasteiger partial charge in [-0.25, -0.2) is 0 Å². The third-order valence-electron chi connectivity index (χ3n) is 1.82. The molecule has 1 amide bonds. The van der Waals surface area contributed by atoms with Crippen molar-refractivity contribution < 1.29 is 4.79 Å². The fourth-order valence-corrected chi connectivity index (χ4v) is 1.08. The number of amides is 1. The zero-order valence-electron chi connectivity index (χ0n) is 8.45. The minimum absolute atomic E-state index is 0.0434. The van der Waals surface area contributed by atoms with Crippen LogP contribution >= 0.6 is 0 Å². The van der Waals surface area contributed by atoms with Crippen LogP contribution in [0.3, 0.4) is 0 Å². The van der Waals surface area contributed by atoms with E-state index in [4.69, 9.17) is 0 Å². The molecule has 0 bridgehead atoms. The van der Waals surface area contributed by atoms with Gasteiger partial charge in [0.15, 0.2) is 5.82 Å². The summed E-state index contributed by atoms with van der Waals surface area (Å²) in [5.41, 5.74) is 0. The number of aryl methyl sites for hydroxylation is 1. The van der Waals surface area contributed by atoms with Gasteiger partial charge in [0, 0.05) is 6.54 Å². The van der Waals surface area contributed by atoms with Crippen LogP contribution in [0.1, 0.15) is 12.7 Å². The number of carbonyl (C=O) groups is 1. The first kappa shape index (κ1) is 10.6. The molecule has 0 aliphatic carbocycles. The molecule has 1 rings (SSSR count). The second kappa shape index (κ2) is 5.33. The predicted molar refractivity (Wildman–Crippen MR) is 51.5 cm³/mol. The van der Waals surface area contributed by atoms with Gasteiger partial charge in [-0.3, -0.25) is 4.79 Å². The lowest BCUT2D eigenvalue weighted by Gasteiger charge is -2.05. The predicted octanol–water partition coefficient (Wildman–Crippen LogP) is -0.866. The number of nitrogens with zero attached hydrogens (tertiary/aromatic N) is 3. The number of rotatable bonds is 5. The Morgan fingerprint density at radius 1 is 1.64 bits per heavy atom. The molecular weight excluding hydrogens is 182 g/mol. The van der Waals surface area contributed by atoms with Crippen LogP contribution in [-0.4, -0.2) is 34.3 Å². The molecule has 78 valence electrons. The maximum Gasteiger partial charge on any atom is 0.234 e. The van der Waals surface area contributed by atoms with Crippen LogP contribution in [0.4, 0.5) is 0 Å². The van der Waals surface area contributed by atoms with Crippen molar-refractivity contribution in [2.45, 2.75) is 20.0 Å². The molecule has 1 aromatic rings. The summed E-state index contributed by atoms with van der Waals surface area (Å²) in [5, 5.41) is 13.2. The highest BCUT2D eigenvalue weighted by atomic mass is 16.1. The summed E-state index contributed by atoms with van der Waals surface area (Å²) in [6.45, 7) is 3.56. The quantitative estimate of drug-likeness (QED) is 0.644. The van der Waals surface area contributed by atoms with Gasteiger partial charge in [-0.2, -0.15) is 0 Å². The Balaban J connectivity index is 2.41. The van der Waals surface area contributed by atoms with E-state index in [0.29, 0.717) is 13.1 Å². The lowest BCUT2D eigenvalue weighted by molar-refractivity contribution is -0.120. The molecular formula is C8H15N5O. The van der Waals surface area contributed by atoms with Crippen molar-refractivity contribution in [3.8, 4) is 0 Å². The van der Waals surface area contributed by atoms with Gasteiger partial charge in [0.25, 0.3) is 0 Å². The van der Waals surface area contributed by atoms with Gasteiger partial charge >= 0.3 is 0 Å². The Bertz CT molecular complexity index is 296. The molecule has 6 heteroatoms. The maximum atomic E-state index is 11.1. The van der Waals surface area contributed by atoms with Gasteiger partial charge in [0.1, 0.15) is 6.33 Å². The Labute approximate surface area is 82.7 Å². The molecule has 0 saturated heterocycles. The highest BCUT2D eigenvalue weighted by Crippen LogP contribution is 1.93. The highest BCUT2D eigenvalue weighted by Gasteiger charge is 2.04. The fraction of sp³-hybridized carbons (Fsp3) is 0.625. The summed E-state index contributed by atoms with van der Waals surface area (Å²) >= 11 is 0. The van der Waals surface area contributed by atoms with E-state index in [1.54, 1.807) is 13.4 Å². The van der Waals surface area contributed by atoms with Gasteiger partial charge < -0.3 is 15.2 Å². The van der Waals surface area contributed by atoms with E-state index < -0.39 is 0 Å². The molecule has 1 aromatic heterocycles. The first-order valence-corrected chi connectivity index (χ1v) is 4.56. The van der Waals surface area contributed by atoms with Gasteiger partial charge in [-0.1, -0.05) is 0 Å². The SMILES string of the molecule is CCn1cnnc1CNC(=O)CNC. The van der Waals surface area contributed by atoms with E-state index in [0.717, 1.165) is 12.4 Å². The standard InChI is InChI=1S/C8H15N5O/c1-3-13-6-11-12-7(13)4-10-8(14)5-9-2/h6,9H,3-5H2,1-2H3,(H,10,14). The average molecular weight is 197 g/mol. The van der Waals surface area contributed by atoms with E-state index in [9.17, 15) is 4.79 Å². The number of hydrogen-bond acceptors (Lipinski definition) is 4. The van der Waals surface area contributed by atoms with E-state index in [2.05, 4.69) is 20.8 Å². The molecule has 14 heavy (non-hydrogen) atoms. The summed E-state index contributed by atoms with van der Waals surface area (Å²) in [6.07, 6.45) is 1.65. The summed E-state index contributed by atoms with van der Waals surface area (Å²) in [4.78, 5) is 11.1. The summed E-state index contributed by atoms with van der Waals surface area (Å²) in [7, 11) is 1.73. The summed E-state index contributed by atoms with van der Waals surface area (Å²) in [6, 6.07) is 0. The van der Waals surface area contributed by atoms with Crippen LogP contribution in [0.2, 0.25) is 0 Å². The molecule has 0 fully saturated rings. The first-order valence-electron chi connectivity index (χ1n) is 4.56. The van der Waals surface area contributed by atoms with E-state index >= 15 is 0 Å². The second-order valence-electron chi connectivity index (χ2n) is 2.84. The Morgan fingerprint density at radius 3 is 3.07 bits per heavy atom. The maximum absolute atomic E-state index is 11.1. The first-order chi connectivity index (χ1) is 6.77. The van der Waals surface area contributed by atoms with Gasteiger partial charge in [-0.05, 0) is 14.0 Å². The molecule has 0 aliphatic heterocycles. The number of nitrogens with one attached hydrogen (secondary N) is 2. The van der Waals surface area contributed by atoms with Crippen molar-refractivity contribution in [2.24, 2.45) is 0 Å². The molecule has 0 aliphatic rings. The summed E-state index contributed by atoms with van der Waals surface area (Å²) in [5.74, 6) is 0.732. The smallest absolute Gasteiger partial charge is 0.234 e. The van der Waals surface area contributed by atoms with E-state index in [-0.39, 0.29) is 5.91 Å². The van der Waals surface area contributed by atoms with E-state index in [1.807, 2.05) is 11.5 Å². The topological polar surface area (TPSA) is 71.8 Å². The van der Waals surface area contributed by atoms with Crippen molar-refractivity contribution >= 4 is 5.91 Å². The molecule has 0 unspecified atom stereocenters. The Kier molecular flexibility index (Phi) is 4.06. The largest absolute Gasteiger partial charge is 0.348 e. The third-order valence-corrected chi connectivity index (χ3v) is 1.82. The zero-order chi connectivity index (χ0) is 10.4. The molecule has 0 saturated carbocycles. The Hall–Kier alpha value is -1.43.